The second kappa shape index (κ2) is 11.4. The van der Waals surface area contributed by atoms with E-state index in [-0.39, 0.29) is 23.2 Å². The SMILES string of the molecule is COc1ccc(COc2nc(C)c(C)nc2NS(=O)(=O)c2ccc(C)cc2)cc1OCCN(C)C. The van der Waals surface area contributed by atoms with E-state index in [0.717, 1.165) is 17.7 Å². The summed E-state index contributed by atoms with van der Waals surface area (Å²) in [6, 6.07) is 12.0. The molecule has 0 atom stereocenters. The van der Waals surface area contributed by atoms with E-state index in [1.165, 1.54) is 0 Å². The van der Waals surface area contributed by atoms with E-state index >= 15 is 0 Å². The maximum absolute atomic E-state index is 12.9. The molecular formula is C25H32N4O5S. The van der Waals surface area contributed by atoms with Crippen molar-refractivity contribution in [2.45, 2.75) is 32.3 Å². The fourth-order valence-electron chi connectivity index (χ4n) is 3.07. The first-order chi connectivity index (χ1) is 16.6. The van der Waals surface area contributed by atoms with Gasteiger partial charge < -0.3 is 19.1 Å². The molecule has 3 aromatic rings. The van der Waals surface area contributed by atoms with Crippen molar-refractivity contribution in [3.63, 3.8) is 0 Å². The number of nitrogens with one attached hydrogen (secondary N) is 1. The predicted molar refractivity (Wildman–Crippen MR) is 135 cm³/mol. The van der Waals surface area contributed by atoms with Crippen LogP contribution in [0.5, 0.6) is 17.4 Å². The van der Waals surface area contributed by atoms with Crippen LogP contribution in [-0.4, -0.2) is 57.6 Å². The summed E-state index contributed by atoms with van der Waals surface area (Å²) in [5, 5.41) is 0. The van der Waals surface area contributed by atoms with Gasteiger partial charge in [-0.2, -0.15) is 0 Å². The Labute approximate surface area is 207 Å². The zero-order valence-electron chi connectivity index (χ0n) is 21.0. The zero-order chi connectivity index (χ0) is 25.6. The second-order valence-electron chi connectivity index (χ2n) is 8.39. The number of aryl methyl sites for hydroxylation is 3. The molecule has 0 saturated heterocycles. The van der Waals surface area contributed by atoms with Crippen molar-refractivity contribution >= 4 is 15.8 Å². The van der Waals surface area contributed by atoms with Crippen LogP contribution in [0.1, 0.15) is 22.5 Å². The van der Waals surface area contributed by atoms with Crippen molar-refractivity contribution < 1.29 is 22.6 Å². The maximum Gasteiger partial charge on any atom is 0.263 e. The molecule has 3 rings (SSSR count). The largest absolute Gasteiger partial charge is 0.493 e. The normalized spacial score (nSPS) is 11.4. The van der Waals surface area contributed by atoms with E-state index in [1.807, 2.05) is 38.1 Å². The minimum Gasteiger partial charge on any atom is -0.493 e. The lowest BCUT2D eigenvalue weighted by atomic mass is 10.2. The molecule has 2 aromatic carbocycles. The van der Waals surface area contributed by atoms with Gasteiger partial charge in [-0.15, -0.1) is 0 Å². The molecule has 9 nitrogen and oxygen atoms in total. The quantitative estimate of drug-likeness (QED) is 0.425. The smallest absolute Gasteiger partial charge is 0.263 e. The molecule has 0 amide bonds. The van der Waals surface area contributed by atoms with Crippen LogP contribution < -0.4 is 18.9 Å². The molecule has 0 bridgehead atoms. The molecule has 1 N–H and O–H groups in total. The van der Waals surface area contributed by atoms with Gasteiger partial charge in [0.25, 0.3) is 15.9 Å². The number of anilines is 1. The van der Waals surface area contributed by atoms with Gasteiger partial charge in [0.05, 0.1) is 23.4 Å². The number of hydrogen-bond donors (Lipinski definition) is 1. The summed E-state index contributed by atoms with van der Waals surface area (Å²) in [7, 11) is 1.66. The second-order valence-corrected chi connectivity index (χ2v) is 10.1. The highest BCUT2D eigenvalue weighted by molar-refractivity contribution is 7.92. The van der Waals surface area contributed by atoms with Gasteiger partial charge in [-0.3, -0.25) is 4.72 Å². The first-order valence-corrected chi connectivity index (χ1v) is 12.6. The summed E-state index contributed by atoms with van der Waals surface area (Å²) in [5.41, 5.74) is 3.00. The van der Waals surface area contributed by atoms with Crippen LogP contribution in [0.15, 0.2) is 47.4 Å². The average molecular weight is 501 g/mol. The highest BCUT2D eigenvalue weighted by Gasteiger charge is 2.20. The molecule has 0 unspecified atom stereocenters. The summed E-state index contributed by atoms with van der Waals surface area (Å²) in [6.45, 7) is 6.83. The Kier molecular flexibility index (Phi) is 8.52. The molecule has 0 saturated carbocycles. The topological polar surface area (TPSA) is 103 Å². The molecule has 0 spiro atoms. The summed E-state index contributed by atoms with van der Waals surface area (Å²) in [4.78, 5) is 11.0. The molecule has 0 aliphatic carbocycles. The molecule has 0 radical (unpaired) electrons. The van der Waals surface area contributed by atoms with E-state index in [2.05, 4.69) is 14.7 Å². The predicted octanol–water partition coefficient (Wildman–Crippen LogP) is 3.73. The average Bonchev–Trinajstić information content (AvgIpc) is 2.80. The van der Waals surface area contributed by atoms with Gasteiger partial charge in [-0.1, -0.05) is 23.8 Å². The van der Waals surface area contributed by atoms with E-state index in [0.29, 0.717) is 29.5 Å². The third-order valence-corrected chi connectivity index (χ3v) is 6.59. The maximum atomic E-state index is 12.9. The molecule has 0 aliphatic rings. The third-order valence-electron chi connectivity index (χ3n) is 5.24. The van der Waals surface area contributed by atoms with Crippen molar-refractivity contribution in [1.82, 2.24) is 14.9 Å². The molecule has 0 fully saturated rings. The Morgan fingerprint density at radius 2 is 1.60 bits per heavy atom. The Bertz CT molecular complexity index is 1260. The van der Waals surface area contributed by atoms with Gasteiger partial charge in [0.15, 0.2) is 11.5 Å². The lowest BCUT2D eigenvalue weighted by molar-refractivity contribution is 0.249. The lowest BCUT2D eigenvalue weighted by Gasteiger charge is -2.16. The van der Waals surface area contributed by atoms with Crippen molar-refractivity contribution in [3.05, 3.63) is 65.0 Å². The van der Waals surface area contributed by atoms with Crippen molar-refractivity contribution in [2.75, 3.05) is 39.1 Å². The minimum absolute atomic E-state index is 0.0321. The van der Waals surface area contributed by atoms with Gasteiger partial charge in [0, 0.05) is 6.54 Å². The number of ether oxygens (including phenoxy) is 3. The highest BCUT2D eigenvalue weighted by atomic mass is 32.2. The standard InChI is InChI=1S/C25H32N4O5S/c1-17-7-10-21(11-8-17)35(30,31)28-24-25(27-19(3)18(2)26-24)34-16-20-9-12-22(32-6)23(15-20)33-14-13-29(4)5/h7-12,15H,13-14,16H2,1-6H3,(H,26,28). The summed E-state index contributed by atoms with van der Waals surface area (Å²) in [5.74, 6) is 1.34. The molecule has 1 heterocycles. The monoisotopic (exact) mass is 500 g/mol. The van der Waals surface area contributed by atoms with Crippen LogP contribution in [0.4, 0.5) is 5.82 Å². The number of aromatic nitrogens is 2. The summed E-state index contributed by atoms with van der Waals surface area (Å²) >= 11 is 0. The number of nitrogens with zero attached hydrogens (tertiary/aromatic N) is 3. The fourth-order valence-corrected chi connectivity index (χ4v) is 4.07. The Balaban J connectivity index is 1.82. The van der Waals surface area contributed by atoms with Crippen LogP contribution in [0.25, 0.3) is 0 Å². The Morgan fingerprint density at radius 1 is 0.914 bits per heavy atom. The summed E-state index contributed by atoms with van der Waals surface area (Å²) in [6.07, 6.45) is 0. The molecule has 10 heteroatoms. The Morgan fingerprint density at radius 3 is 2.26 bits per heavy atom. The van der Waals surface area contributed by atoms with Gasteiger partial charge in [-0.05, 0) is 64.7 Å². The number of rotatable bonds is 11. The van der Waals surface area contributed by atoms with E-state index in [4.69, 9.17) is 14.2 Å². The zero-order valence-corrected chi connectivity index (χ0v) is 21.8. The van der Waals surface area contributed by atoms with Crippen LogP contribution >= 0.6 is 0 Å². The number of sulfonamides is 1. The molecule has 1 aromatic heterocycles. The first-order valence-electron chi connectivity index (χ1n) is 11.1. The number of likely N-dealkylation sites (N-methyl/N-ethyl adjacent to an activating group) is 1. The molecule has 35 heavy (non-hydrogen) atoms. The summed E-state index contributed by atoms with van der Waals surface area (Å²) < 4.78 is 45.6. The molecular weight excluding hydrogens is 468 g/mol. The van der Waals surface area contributed by atoms with Crippen LogP contribution in [0, 0.1) is 20.8 Å². The van der Waals surface area contributed by atoms with E-state index in [9.17, 15) is 8.42 Å². The van der Waals surface area contributed by atoms with Crippen LogP contribution in [-0.2, 0) is 16.6 Å². The number of hydrogen-bond acceptors (Lipinski definition) is 8. The lowest BCUT2D eigenvalue weighted by Crippen LogP contribution is -2.19. The van der Waals surface area contributed by atoms with E-state index in [1.54, 1.807) is 51.3 Å². The number of methoxy groups -OCH3 is 1. The van der Waals surface area contributed by atoms with Crippen molar-refractivity contribution in [2.24, 2.45) is 0 Å². The molecule has 188 valence electrons. The van der Waals surface area contributed by atoms with Crippen molar-refractivity contribution in [3.8, 4) is 17.4 Å². The van der Waals surface area contributed by atoms with Gasteiger partial charge >= 0.3 is 0 Å². The van der Waals surface area contributed by atoms with Gasteiger partial charge in [0.1, 0.15) is 13.2 Å². The van der Waals surface area contributed by atoms with Crippen LogP contribution in [0.3, 0.4) is 0 Å². The minimum atomic E-state index is -3.87. The molecule has 0 aliphatic heterocycles. The fraction of sp³-hybridized carbons (Fsp3) is 0.360. The van der Waals surface area contributed by atoms with Gasteiger partial charge in [-0.25, -0.2) is 18.4 Å². The van der Waals surface area contributed by atoms with Crippen molar-refractivity contribution in [1.29, 1.82) is 0 Å². The van der Waals surface area contributed by atoms with Crippen LogP contribution in [0.2, 0.25) is 0 Å². The third kappa shape index (κ3) is 7.06. The highest BCUT2D eigenvalue weighted by Crippen LogP contribution is 2.30. The van der Waals surface area contributed by atoms with Gasteiger partial charge in [0.2, 0.25) is 5.82 Å². The first kappa shape index (κ1) is 26.2. The van der Waals surface area contributed by atoms with E-state index < -0.39 is 10.0 Å². The number of benzene rings is 2. The Hall–Kier alpha value is -3.37.